The van der Waals surface area contributed by atoms with Gasteiger partial charge in [0.05, 0.1) is 19.3 Å². The predicted molar refractivity (Wildman–Crippen MR) is 188 cm³/mol. The molecule has 1 radical (unpaired) electrons. The van der Waals surface area contributed by atoms with Crippen molar-refractivity contribution < 1.29 is 30.0 Å². The van der Waals surface area contributed by atoms with Crippen molar-refractivity contribution in [3.63, 3.8) is 0 Å². The van der Waals surface area contributed by atoms with Crippen LogP contribution in [0.4, 0.5) is 0 Å². The van der Waals surface area contributed by atoms with Gasteiger partial charge in [0.1, 0.15) is 0 Å². The molecule has 0 aliphatic heterocycles. The average Bonchev–Trinajstić information content (AvgIpc) is 2.94. The van der Waals surface area contributed by atoms with Crippen molar-refractivity contribution in [1.29, 1.82) is 0 Å². The zero-order chi connectivity index (χ0) is 32.1. The van der Waals surface area contributed by atoms with Crippen LogP contribution in [0.15, 0.2) is 66.4 Å². The monoisotopic (exact) mass is 785 g/mol. The minimum atomic E-state index is -1.47. The maximum absolute atomic E-state index is 10.5. The maximum atomic E-state index is 10.5. The second-order valence-electron chi connectivity index (χ2n) is 13.2. The van der Waals surface area contributed by atoms with Crippen LogP contribution >= 0.6 is 0 Å². The molecule has 0 unspecified atom stereocenters. The molecule has 0 amide bonds. The summed E-state index contributed by atoms with van der Waals surface area (Å²) < 4.78 is 0. The van der Waals surface area contributed by atoms with Gasteiger partial charge in [0.25, 0.3) is 0 Å². The standard InChI is InChI=1S/C32H38NSi.C7H12O2.Ir/c1-20(2)26-11-10-12-27(21(3)4)32(26)29-19-31(24-16-22(5)15-23(6)17-24)33-30-14-13-25(18-28(29)30)34(7,8)9;1-3-6(8)5-7(9)4-2;/h10-16,18-21H,1-9H3;5,8H,3-4H2,1-2H3;/q-1;;/b;6-5-;. The minimum Gasteiger partial charge on any atom is -0.512 e. The topological polar surface area (TPSA) is 50.2 Å². The summed E-state index contributed by atoms with van der Waals surface area (Å²) in [4.78, 5) is 15.7. The van der Waals surface area contributed by atoms with E-state index in [9.17, 15) is 4.79 Å². The number of carbonyl (C=O) groups excluding carboxylic acids is 1. The molecule has 0 saturated carbocycles. The third-order valence-electron chi connectivity index (χ3n) is 7.78. The van der Waals surface area contributed by atoms with Gasteiger partial charge >= 0.3 is 0 Å². The zero-order valence-electron chi connectivity index (χ0n) is 28.5. The Bertz CT molecular complexity index is 1580. The van der Waals surface area contributed by atoms with Gasteiger partial charge in [-0.2, -0.15) is 0 Å². The van der Waals surface area contributed by atoms with E-state index in [1.807, 2.05) is 0 Å². The van der Waals surface area contributed by atoms with Crippen molar-refractivity contribution in [1.82, 2.24) is 4.98 Å². The van der Waals surface area contributed by atoms with Crippen molar-refractivity contribution in [2.75, 3.05) is 0 Å². The number of ketones is 1. The van der Waals surface area contributed by atoms with E-state index in [1.165, 1.54) is 44.5 Å². The Labute approximate surface area is 280 Å². The number of nitrogens with zero attached hydrogens (tertiary/aromatic N) is 1. The van der Waals surface area contributed by atoms with Gasteiger partial charge in [-0.05, 0) is 45.8 Å². The van der Waals surface area contributed by atoms with Gasteiger partial charge < -0.3 is 5.11 Å². The van der Waals surface area contributed by atoms with Gasteiger partial charge in [0, 0.05) is 44.4 Å². The molecule has 0 aliphatic rings. The average molecular weight is 785 g/mol. The molecule has 0 bridgehead atoms. The first-order chi connectivity index (χ1) is 20.2. The van der Waals surface area contributed by atoms with Gasteiger partial charge in [-0.25, -0.2) is 0 Å². The summed E-state index contributed by atoms with van der Waals surface area (Å²) in [6.07, 6.45) is 2.27. The van der Waals surface area contributed by atoms with Crippen LogP contribution in [-0.2, 0) is 24.9 Å². The number of fused-ring (bicyclic) bond motifs is 1. The Morgan fingerprint density at radius 3 is 2.02 bits per heavy atom. The third-order valence-corrected chi connectivity index (χ3v) is 9.82. The molecule has 4 rings (SSSR count). The van der Waals surface area contributed by atoms with E-state index in [2.05, 4.69) is 122 Å². The van der Waals surface area contributed by atoms with Gasteiger partial charge in [-0.3, -0.25) is 9.78 Å². The van der Waals surface area contributed by atoms with Crippen LogP contribution in [0.3, 0.4) is 0 Å². The van der Waals surface area contributed by atoms with Crippen molar-refractivity contribution >= 4 is 29.9 Å². The molecular weight excluding hydrogens is 735 g/mol. The maximum Gasteiger partial charge on any atom is 0.158 e. The number of aryl methyl sites for hydroxylation is 2. The third kappa shape index (κ3) is 9.33. The smallest absolute Gasteiger partial charge is 0.158 e. The Hall–Kier alpha value is -2.85. The largest absolute Gasteiger partial charge is 0.512 e. The van der Waals surface area contributed by atoms with E-state index < -0.39 is 8.07 Å². The molecule has 0 atom stereocenters. The van der Waals surface area contributed by atoms with E-state index in [4.69, 9.17) is 10.1 Å². The molecule has 0 saturated heterocycles. The summed E-state index contributed by atoms with van der Waals surface area (Å²) in [5, 5.41) is 11.5. The molecule has 3 aromatic carbocycles. The van der Waals surface area contributed by atoms with E-state index in [-0.39, 0.29) is 31.6 Å². The van der Waals surface area contributed by atoms with E-state index in [1.54, 1.807) is 13.8 Å². The summed E-state index contributed by atoms with van der Waals surface area (Å²) >= 11 is 0. The van der Waals surface area contributed by atoms with E-state index >= 15 is 0 Å². The number of aliphatic hydroxyl groups is 1. The number of carbonyl (C=O) groups is 1. The van der Waals surface area contributed by atoms with E-state index in [0.29, 0.717) is 24.7 Å². The molecule has 1 N–H and O–H groups in total. The first-order valence-corrected chi connectivity index (χ1v) is 19.2. The molecule has 237 valence electrons. The molecule has 1 aromatic heterocycles. The number of aromatic nitrogens is 1. The molecule has 0 aliphatic carbocycles. The number of rotatable bonds is 8. The second-order valence-corrected chi connectivity index (χ2v) is 18.3. The van der Waals surface area contributed by atoms with Crippen LogP contribution in [0.2, 0.25) is 19.6 Å². The first-order valence-electron chi connectivity index (χ1n) is 15.7. The number of allylic oxidation sites excluding steroid dienone is 2. The Morgan fingerprint density at radius 2 is 1.52 bits per heavy atom. The first kappa shape index (κ1) is 37.3. The zero-order valence-corrected chi connectivity index (χ0v) is 31.9. The second kappa shape index (κ2) is 15.9. The number of aliphatic hydroxyl groups excluding tert-OH is 1. The van der Waals surface area contributed by atoms with E-state index in [0.717, 1.165) is 22.3 Å². The quantitative estimate of drug-likeness (QED) is 0.0838. The van der Waals surface area contributed by atoms with Gasteiger partial charge in [0.15, 0.2) is 5.78 Å². The Morgan fingerprint density at radius 1 is 0.909 bits per heavy atom. The van der Waals surface area contributed by atoms with Crippen LogP contribution in [0, 0.1) is 19.9 Å². The number of hydrogen-bond donors (Lipinski definition) is 1. The molecule has 44 heavy (non-hydrogen) atoms. The van der Waals surface area contributed by atoms with Crippen molar-refractivity contribution in [2.24, 2.45) is 0 Å². The summed E-state index contributed by atoms with van der Waals surface area (Å²) in [6.45, 7) is 24.3. The van der Waals surface area contributed by atoms with Gasteiger partial charge in [-0.1, -0.05) is 117 Å². The summed E-state index contributed by atoms with van der Waals surface area (Å²) in [5.74, 6) is 1.03. The fourth-order valence-electron chi connectivity index (χ4n) is 5.32. The summed E-state index contributed by atoms with van der Waals surface area (Å²) in [6, 6.07) is 24.1. The van der Waals surface area contributed by atoms with Crippen molar-refractivity contribution in [3.8, 4) is 22.4 Å². The minimum absolute atomic E-state index is 0. The fourth-order valence-corrected chi connectivity index (χ4v) is 6.48. The van der Waals surface area contributed by atoms with Crippen LogP contribution in [0.1, 0.15) is 88.5 Å². The molecule has 1 heterocycles. The number of pyridine rings is 1. The summed E-state index contributed by atoms with van der Waals surface area (Å²) in [5.41, 5.74) is 11.0. The number of benzene rings is 3. The molecule has 4 aromatic rings. The van der Waals surface area contributed by atoms with Gasteiger partial charge in [-0.15, -0.1) is 34.9 Å². The Kier molecular flexibility index (Phi) is 13.5. The van der Waals surface area contributed by atoms with Crippen molar-refractivity contribution in [3.05, 3.63) is 94.8 Å². The molecule has 3 nitrogen and oxygen atoms in total. The molecular formula is C39H50IrNO2Si-. The predicted octanol–water partition coefficient (Wildman–Crippen LogP) is 10.6. The van der Waals surface area contributed by atoms with Crippen molar-refractivity contribution in [2.45, 2.75) is 99.7 Å². The van der Waals surface area contributed by atoms with Crippen LogP contribution in [0.5, 0.6) is 0 Å². The molecule has 0 spiro atoms. The SMILES string of the molecule is CCC(=O)/C=C(\O)CC.Cc1[c-]c(-c2cc(-c3c(C(C)C)cccc3C(C)C)c3cc([Si](C)(C)C)ccc3n2)cc(C)c1.[Ir]. The summed E-state index contributed by atoms with van der Waals surface area (Å²) in [7, 11) is -1.47. The van der Waals surface area contributed by atoms with Crippen LogP contribution in [0.25, 0.3) is 33.3 Å². The van der Waals surface area contributed by atoms with Crippen LogP contribution in [-0.4, -0.2) is 23.9 Å². The Balaban J connectivity index is 0.000000589. The number of hydrogen-bond acceptors (Lipinski definition) is 3. The molecule has 5 heteroatoms. The van der Waals surface area contributed by atoms with Gasteiger partial charge in [0.2, 0.25) is 0 Å². The molecule has 0 fully saturated rings. The van der Waals surface area contributed by atoms with Crippen LogP contribution < -0.4 is 5.19 Å². The normalized spacial score (nSPS) is 11.8. The fraction of sp³-hybridized carbons (Fsp3) is 0.385.